The Labute approximate surface area is 194 Å². The molecule has 6 nitrogen and oxygen atoms in total. The number of hydrogen-bond acceptors (Lipinski definition) is 4. The zero-order valence-corrected chi connectivity index (χ0v) is 18.5. The number of benzene rings is 1. The average Bonchev–Trinajstić information content (AvgIpc) is 3.13. The molecule has 0 bridgehead atoms. The van der Waals surface area contributed by atoms with E-state index < -0.39 is 29.8 Å². The lowest BCUT2D eigenvalue weighted by Crippen LogP contribution is -2.58. The van der Waals surface area contributed by atoms with Gasteiger partial charge in [-0.25, -0.2) is 5.43 Å². The van der Waals surface area contributed by atoms with Crippen LogP contribution in [0.2, 0.25) is 0 Å². The topological polar surface area (TPSA) is 74.9 Å². The van der Waals surface area contributed by atoms with Crippen molar-refractivity contribution in [2.75, 3.05) is 7.05 Å². The first-order valence-corrected chi connectivity index (χ1v) is 10.3. The molecule has 0 spiro atoms. The van der Waals surface area contributed by atoms with Gasteiger partial charge in [0, 0.05) is 31.1 Å². The molecule has 2 amide bonds. The van der Waals surface area contributed by atoms with Gasteiger partial charge < -0.3 is 9.32 Å². The van der Waals surface area contributed by atoms with Gasteiger partial charge in [-0.2, -0.15) is 35.8 Å². The Bertz CT molecular complexity index is 1140. The van der Waals surface area contributed by atoms with Crippen LogP contribution in [0.25, 0.3) is 0 Å². The minimum atomic E-state index is -6.65. The quantitative estimate of drug-likeness (QED) is 0.449. The molecule has 1 aliphatic carbocycles. The second kappa shape index (κ2) is 9.34. The Morgan fingerprint density at radius 1 is 1.06 bits per heavy atom. The molecule has 0 radical (unpaired) electrons. The van der Waals surface area contributed by atoms with Crippen LogP contribution >= 0.6 is 0 Å². The Morgan fingerprint density at radius 2 is 1.69 bits per heavy atom. The molecule has 1 heterocycles. The van der Waals surface area contributed by atoms with Crippen LogP contribution < -0.4 is 5.43 Å². The maximum atomic E-state index is 13.6. The van der Waals surface area contributed by atoms with E-state index in [-0.39, 0.29) is 41.3 Å². The largest absolute Gasteiger partial charge is 0.460 e. The van der Waals surface area contributed by atoms with E-state index >= 15 is 0 Å². The highest BCUT2D eigenvalue weighted by Gasteiger charge is 2.76. The summed E-state index contributed by atoms with van der Waals surface area (Å²) in [5.41, 5.74) is 2.35. The van der Waals surface area contributed by atoms with Gasteiger partial charge in [-0.1, -0.05) is 30.3 Å². The number of carbonyl (C=O) groups is 2. The third kappa shape index (κ3) is 4.89. The maximum absolute atomic E-state index is 13.6. The molecule has 0 saturated heterocycles. The first-order chi connectivity index (χ1) is 16.2. The van der Waals surface area contributed by atoms with E-state index in [4.69, 9.17) is 4.42 Å². The fourth-order valence-electron chi connectivity index (χ4n) is 3.60. The number of nitrogens with one attached hydrogen (secondary N) is 1. The maximum Gasteiger partial charge on any atom is 0.460 e. The van der Waals surface area contributed by atoms with Crippen LogP contribution in [0.3, 0.4) is 0 Å². The second-order valence-corrected chi connectivity index (χ2v) is 8.00. The molecule has 3 rings (SSSR count). The highest BCUT2D eigenvalue weighted by Crippen LogP contribution is 2.46. The van der Waals surface area contributed by atoms with Crippen LogP contribution in [0.1, 0.15) is 45.8 Å². The van der Waals surface area contributed by atoms with E-state index in [2.05, 4.69) is 5.10 Å². The summed E-state index contributed by atoms with van der Waals surface area (Å²) in [4.78, 5) is 25.9. The molecule has 0 unspecified atom stereocenters. The van der Waals surface area contributed by atoms with Crippen molar-refractivity contribution in [3.05, 3.63) is 58.5 Å². The van der Waals surface area contributed by atoms with Crippen molar-refractivity contribution in [3.8, 4) is 0 Å². The number of rotatable bonds is 6. The summed E-state index contributed by atoms with van der Waals surface area (Å²) < 4.78 is 96.0. The van der Waals surface area contributed by atoms with E-state index in [0.29, 0.717) is 12.8 Å². The molecule has 1 N–H and O–H groups in total. The molecule has 13 heteroatoms. The van der Waals surface area contributed by atoms with Crippen LogP contribution in [0.15, 0.2) is 39.9 Å². The number of carbonyl (C=O) groups excluding carboxylic acids is 2. The summed E-state index contributed by atoms with van der Waals surface area (Å²) in [5, 5.41) is 3.38. The Balaban J connectivity index is 1.84. The first-order valence-electron chi connectivity index (χ1n) is 10.3. The number of halogens is 7. The summed E-state index contributed by atoms with van der Waals surface area (Å²) in [6, 6.07) is 9.05. The number of fused-ring (bicyclic) bond motifs is 1. The summed E-state index contributed by atoms with van der Waals surface area (Å²) in [6.07, 6.45) is -5.90. The fourth-order valence-corrected chi connectivity index (χ4v) is 3.60. The van der Waals surface area contributed by atoms with E-state index in [1.54, 1.807) is 12.1 Å². The minimum Gasteiger partial charge on any atom is -0.455 e. The van der Waals surface area contributed by atoms with E-state index in [1.807, 2.05) is 18.2 Å². The zero-order valence-electron chi connectivity index (χ0n) is 18.5. The number of hydrogen-bond donors (Lipinski definition) is 1. The molecular formula is C22H20F7N3O3. The van der Waals surface area contributed by atoms with Crippen molar-refractivity contribution in [2.45, 2.75) is 50.8 Å². The number of nitrogens with zero attached hydrogens (tertiary/aromatic N) is 2. The van der Waals surface area contributed by atoms with Gasteiger partial charge >= 0.3 is 23.9 Å². The molecule has 0 fully saturated rings. The highest BCUT2D eigenvalue weighted by atomic mass is 19.4. The van der Waals surface area contributed by atoms with Crippen LogP contribution in [-0.4, -0.2) is 47.5 Å². The SMILES string of the molecule is Cc1c(C(=O)N(C)Cc2ccccc2)oc2c1/C(=N/NC(=O)C(F)(F)C(F)(F)C(F)(F)F)CCC2. The van der Waals surface area contributed by atoms with Gasteiger partial charge in [0.1, 0.15) is 5.76 Å². The number of hydrazone groups is 1. The normalized spacial score (nSPS) is 15.6. The standard InChI is InChI=1S/C22H20F7N3O3/c1-12-16-14(30-31-19(34)20(23,24)21(25,26)22(27,28)29)9-6-10-15(16)35-17(12)18(33)32(2)11-13-7-4-3-5-8-13/h3-5,7-8H,6,9-11H2,1-2H3,(H,31,34)/b30-14+. The lowest BCUT2D eigenvalue weighted by molar-refractivity contribution is -0.344. The molecule has 2 aromatic rings. The molecule has 0 atom stereocenters. The first kappa shape index (κ1) is 26.2. The van der Waals surface area contributed by atoms with Gasteiger partial charge in [0.05, 0.1) is 5.71 Å². The van der Waals surface area contributed by atoms with Crippen molar-refractivity contribution in [1.29, 1.82) is 0 Å². The second-order valence-electron chi connectivity index (χ2n) is 8.00. The van der Waals surface area contributed by atoms with Crippen LogP contribution in [0.4, 0.5) is 30.7 Å². The van der Waals surface area contributed by atoms with Gasteiger partial charge in [-0.3, -0.25) is 9.59 Å². The predicted octanol–water partition coefficient (Wildman–Crippen LogP) is 4.85. The Morgan fingerprint density at radius 3 is 2.29 bits per heavy atom. The van der Waals surface area contributed by atoms with Crippen LogP contribution in [0.5, 0.6) is 0 Å². The van der Waals surface area contributed by atoms with Gasteiger partial charge in [-0.15, -0.1) is 0 Å². The smallest absolute Gasteiger partial charge is 0.455 e. The molecule has 1 aromatic carbocycles. The predicted molar refractivity (Wildman–Crippen MR) is 109 cm³/mol. The van der Waals surface area contributed by atoms with E-state index in [9.17, 15) is 40.3 Å². The molecule has 1 aromatic heterocycles. The van der Waals surface area contributed by atoms with Crippen LogP contribution in [-0.2, 0) is 17.8 Å². The molecule has 35 heavy (non-hydrogen) atoms. The van der Waals surface area contributed by atoms with Crippen LogP contribution in [0, 0.1) is 6.92 Å². The van der Waals surface area contributed by atoms with Gasteiger partial charge in [0.25, 0.3) is 5.91 Å². The summed E-state index contributed by atoms with van der Waals surface area (Å²) >= 11 is 0. The number of alkyl halides is 7. The van der Waals surface area contributed by atoms with Gasteiger partial charge in [0.2, 0.25) is 0 Å². The van der Waals surface area contributed by atoms with Gasteiger partial charge in [-0.05, 0) is 25.3 Å². The van der Waals surface area contributed by atoms with Crippen molar-refractivity contribution in [3.63, 3.8) is 0 Å². The molecular weight excluding hydrogens is 487 g/mol. The Hall–Kier alpha value is -3.38. The van der Waals surface area contributed by atoms with Crippen molar-refractivity contribution >= 4 is 17.5 Å². The summed E-state index contributed by atoms with van der Waals surface area (Å²) in [5.74, 6) is -15.9. The van der Waals surface area contributed by atoms with Gasteiger partial charge in [0.15, 0.2) is 5.76 Å². The van der Waals surface area contributed by atoms with E-state index in [0.717, 1.165) is 11.0 Å². The third-order valence-electron chi connectivity index (χ3n) is 5.46. The number of amides is 2. The number of aryl methyl sites for hydroxylation is 1. The summed E-state index contributed by atoms with van der Waals surface area (Å²) in [7, 11) is 1.54. The highest BCUT2D eigenvalue weighted by molar-refractivity contribution is 6.06. The lowest BCUT2D eigenvalue weighted by Gasteiger charge is -2.26. The number of furan rings is 1. The molecule has 190 valence electrons. The van der Waals surface area contributed by atoms with Crippen molar-refractivity contribution < 1.29 is 44.7 Å². The van der Waals surface area contributed by atoms with Crippen molar-refractivity contribution in [2.24, 2.45) is 5.10 Å². The molecule has 0 aliphatic heterocycles. The molecule has 0 saturated carbocycles. The molecule has 1 aliphatic rings. The minimum absolute atomic E-state index is 0.0664. The fraction of sp³-hybridized carbons (Fsp3) is 0.409. The van der Waals surface area contributed by atoms with Crippen molar-refractivity contribution in [1.82, 2.24) is 10.3 Å². The Kier molecular flexibility index (Phi) is 7.00. The summed E-state index contributed by atoms with van der Waals surface area (Å²) in [6.45, 7) is 1.74. The van der Waals surface area contributed by atoms with E-state index in [1.165, 1.54) is 18.9 Å². The average molecular weight is 507 g/mol. The third-order valence-corrected chi connectivity index (χ3v) is 5.46. The monoisotopic (exact) mass is 507 g/mol. The zero-order chi connectivity index (χ0) is 26.2. The lowest BCUT2D eigenvalue weighted by atomic mass is 9.93.